The predicted octanol–water partition coefficient (Wildman–Crippen LogP) is 2.30. The van der Waals surface area contributed by atoms with Crippen LogP contribution in [0.25, 0.3) is 0 Å². The highest BCUT2D eigenvalue weighted by molar-refractivity contribution is 9.10. The lowest BCUT2D eigenvalue weighted by Crippen LogP contribution is -2.48. The molecule has 2 amide bonds. The highest BCUT2D eigenvalue weighted by Gasteiger charge is 2.26. The molecule has 0 aromatic heterocycles. The van der Waals surface area contributed by atoms with Crippen LogP contribution in [0.2, 0.25) is 0 Å². The summed E-state index contributed by atoms with van der Waals surface area (Å²) in [6, 6.07) is 3.89. The molecule has 114 valence electrons. The van der Waals surface area contributed by atoms with Crippen molar-refractivity contribution in [3.05, 3.63) is 28.5 Å². The number of aliphatic carboxylic acids is 1. The van der Waals surface area contributed by atoms with Crippen LogP contribution in [-0.4, -0.2) is 47.8 Å². The Kier molecular flexibility index (Phi) is 5.13. The number of carbonyl (C=O) groups is 2. The number of halogens is 2. The molecule has 8 heteroatoms. The molecule has 21 heavy (non-hydrogen) atoms. The topological polar surface area (TPSA) is 78.9 Å². The standard InChI is InChI=1S/C13H14BrFN2O4/c14-9-2-1-3-10(15)12(9)16-13(20)17-4-5-21-8(7-17)6-11(18)19/h1-3,8H,4-7H2,(H,16,20)(H,18,19). The molecule has 1 aromatic rings. The smallest absolute Gasteiger partial charge is 0.322 e. The zero-order chi connectivity index (χ0) is 15.4. The van der Waals surface area contributed by atoms with Gasteiger partial charge in [-0.25, -0.2) is 9.18 Å². The molecular weight excluding hydrogens is 347 g/mol. The van der Waals surface area contributed by atoms with Crippen LogP contribution in [0.15, 0.2) is 22.7 Å². The molecule has 0 saturated carbocycles. The highest BCUT2D eigenvalue weighted by atomic mass is 79.9. The number of para-hydroxylation sites is 1. The molecule has 0 radical (unpaired) electrons. The van der Waals surface area contributed by atoms with E-state index in [1.54, 1.807) is 6.07 Å². The van der Waals surface area contributed by atoms with Crippen molar-refractivity contribution in [1.29, 1.82) is 0 Å². The number of carboxylic acids is 1. The van der Waals surface area contributed by atoms with E-state index in [0.29, 0.717) is 11.0 Å². The van der Waals surface area contributed by atoms with Gasteiger partial charge in [-0.05, 0) is 28.1 Å². The number of morpholine rings is 1. The first-order chi connectivity index (χ1) is 9.97. The Morgan fingerprint density at radius 3 is 2.95 bits per heavy atom. The Morgan fingerprint density at radius 2 is 2.29 bits per heavy atom. The third kappa shape index (κ3) is 4.15. The van der Waals surface area contributed by atoms with Gasteiger partial charge in [0.2, 0.25) is 0 Å². The molecular formula is C13H14BrFN2O4. The molecule has 1 saturated heterocycles. The minimum Gasteiger partial charge on any atom is -0.481 e. The fourth-order valence-electron chi connectivity index (χ4n) is 2.03. The fraction of sp³-hybridized carbons (Fsp3) is 0.385. The zero-order valence-corrected chi connectivity index (χ0v) is 12.6. The number of benzene rings is 1. The van der Waals surface area contributed by atoms with Gasteiger partial charge < -0.3 is 20.1 Å². The third-order valence-corrected chi connectivity index (χ3v) is 3.68. The monoisotopic (exact) mass is 360 g/mol. The maximum absolute atomic E-state index is 13.7. The number of anilines is 1. The van der Waals surface area contributed by atoms with Crippen LogP contribution in [-0.2, 0) is 9.53 Å². The van der Waals surface area contributed by atoms with E-state index in [1.807, 2.05) is 0 Å². The molecule has 1 aliphatic heterocycles. The van der Waals surface area contributed by atoms with Crippen molar-refractivity contribution in [3.8, 4) is 0 Å². The maximum Gasteiger partial charge on any atom is 0.322 e. The Labute approximate surface area is 129 Å². The van der Waals surface area contributed by atoms with Gasteiger partial charge in [0.25, 0.3) is 0 Å². The average molecular weight is 361 g/mol. The van der Waals surface area contributed by atoms with Gasteiger partial charge in [0.1, 0.15) is 5.82 Å². The van der Waals surface area contributed by atoms with E-state index in [2.05, 4.69) is 21.2 Å². The van der Waals surface area contributed by atoms with Crippen molar-refractivity contribution in [3.63, 3.8) is 0 Å². The van der Waals surface area contributed by atoms with Crippen molar-refractivity contribution in [1.82, 2.24) is 4.90 Å². The maximum atomic E-state index is 13.7. The normalized spacial score (nSPS) is 18.4. The first kappa shape index (κ1) is 15.7. The highest BCUT2D eigenvalue weighted by Crippen LogP contribution is 2.25. The summed E-state index contributed by atoms with van der Waals surface area (Å²) in [6.07, 6.45) is -0.723. The van der Waals surface area contributed by atoms with E-state index in [-0.39, 0.29) is 25.3 Å². The molecule has 0 aliphatic carbocycles. The Morgan fingerprint density at radius 1 is 1.52 bits per heavy atom. The minimum atomic E-state index is -0.987. The molecule has 6 nitrogen and oxygen atoms in total. The summed E-state index contributed by atoms with van der Waals surface area (Å²) in [5.74, 6) is -1.54. The number of nitrogens with zero attached hydrogens (tertiary/aromatic N) is 1. The number of ether oxygens (including phenoxy) is 1. The Balaban J connectivity index is 2.01. The lowest BCUT2D eigenvalue weighted by molar-refractivity contribution is -0.141. The van der Waals surface area contributed by atoms with Crippen LogP contribution in [0, 0.1) is 5.82 Å². The summed E-state index contributed by atoms with van der Waals surface area (Å²) < 4.78 is 19.4. The second-order valence-corrected chi connectivity index (χ2v) is 5.42. The molecule has 2 N–H and O–H groups in total. The number of carboxylic acid groups (broad SMARTS) is 1. The summed E-state index contributed by atoms with van der Waals surface area (Å²) in [4.78, 5) is 24.2. The van der Waals surface area contributed by atoms with Gasteiger partial charge in [0, 0.05) is 17.6 Å². The predicted molar refractivity (Wildman–Crippen MR) is 76.7 cm³/mol. The quantitative estimate of drug-likeness (QED) is 0.866. The van der Waals surface area contributed by atoms with Gasteiger partial charge in [-0.1, -0.05) is 6.07 Å². The second kappa shape index (κ2) is 6.86. The molecule has 1 fully saturated rings. The number of hydrogen-bond acceptors (Lipinski definition) is 3. The lowest BCUT2D eigenvalue weighted by Gasteiger charge is -2.32. The average Bonchev–Trinajstić information content (AvgIpc) is 2.42. The van der Waals surface area contributed by atoms with Crippen LogP contribution in [0.4, 0.5) is 14.9 Å². The first-order valence-electron chi connectivity index (χ1n) is 6.30. The van der Waals surface area contributed by atoms with Gasteiger partial charge >= 0.3 is 12.0 Å². The van der Waals surface area contributed by atoms with Crippen molar-refractivity contribution in [2.75, 3.05) is 25.0 Å². The van der Waals surface area contributed by atoms with E-state index in [9.17, 15) is 14.0 Å². The van der Waals surface area contributed by atoms with Crippen molar-refractivity contribution in [2.45, 2.75) is 12.5 Å². The first-order valence-corrected chi connectivity index (χ1v) is 7.10. The van der Waals surface area contributed by atoms with Crippen LogP contribution < -0.4 is 5.32 Å². The summed E-state index contributed by atoms with van der Waals surface area (Å²) in [5.41, 5.74) is 0.0591. The summed E-state index contributed by atoms with van der Waals surface area (Å²) >= 11 is 3.17. The molecule has 1 atom stereocenters. The van der Waals surface area contributed by atoms with Crippen LogP contribution in [0.1, 0.15) is 6.42 Å². The third-order valence-electron chi connectivity index (χ3n) is 3.02. The second-order valence-electron chi connectivity index (χ2n) is 4.56. The number of carbonyl (C=O) groups excluding carboxylic acids is 1. The van der Waals surface area contributed by atoms with Crippen molar-refractivity contribution >= 4 is 33.6 Å². The molecule has 0 bridgehead atoms. The molecule has 0 spiro atoms. The number of nitrogens with one attached hydrogen (secondary N) is 1. The van der Waals surface area contributed by atoms with Gasteiger partial charge in [0.05, 0.1) is 24.8 Å². The number of amides is 2. The van der Waals surface area contributed by atoms with E-state index in [0.717, 1.165) is 0 Å². The SMILES string of the molecule is O=C(O)CC1CN(C(=O)Nc2c(F)cccc2Br)CCO1. The molecule has 1 unspecified atom stereocenters. The molecule has 1 aliphatic rings. The van der Waals surface area contributed by atoms with Gasteiger partial charge in [-0.3, -0.25) is 4.79 Å². The molecule has 1 aromatic carbocycles. The van der Waals surface area contributed by atoms with Crippen LogP contribution in [0.3, 0.4) is 0 Å². The molecule has 1 heterocycles. The van der Waals surface area contributed by atoms with Crippen molar-refractivity contribution in [2.24, 2.45) is 0 Å². The van der Waals surface area contributed by atoms with E-state index in [4.69, 9.17) is 9.84 Å². The van der Waals surface area contributed by atoms with Crippen molar-refractivity contribution < 1.29 is 23.8 Å². The minimum absolute atomic E-state index is 0.0591. The Hall–Kier alpha value is -1.67. The number of rotatable bonds is 3. The van der Waals surface area contributed by atoms with Gasteiger partial charge in [-0.15, -0.1) is 0 Å². The van der Waals surface area contributed by atoms with E-state index >= 15 is 0 Å². The number of hydrogen-bond donors (Lipinski definition) is 2. The fourth-order valence-corrected chi connectivity index (χ4v) is 2.47. The van der Waals surface area contributed by atoms with E-state index < -0.39 is 23.9 Å². The summed E-state index contributed by atoms with van der Waals surface area (Å²) in [7, 11) is 0. The van der Waals surface area contributed by atoms with Gasteiger partial charge in [-0.2, -0.15) is 0 Å². The van der Waals surface area contributed by atoms with E-state index in [1.165, 1.54) is 17.0 Å². The summed E-state index contributed by atoms with van der Waals surface area (Å²) in [6.45, 7) is 0.738. The summed E-state index contributed by atoms with van der Waals surface area (Å²) in [5, 5.41) is 11.2. The Bertz CT molecular complexity index is 535. The zero-order valence-electron chi connectivity index (χ0n) is 11.0. The van der Waals surface area contributed by atoms with Crippen LogP contribution in [0.5, 0.6) is 0 Å². The number of urea groups is 1. The van der Waals surface area contributed by atoms with Gasteiger partial charge in [0.15, 0.2) is 0 Å². The lowest BCUT2D eigenvalue weighted by atomic mass is 10.2. The molecule has 2 rings (SSSR count). The van der Waals surface area contributed by atoms with Crippen LogP contribution >= 0.6 is 15.9 Å². The largest absolute Gasteiger partial charge is 0.481 e.